The van der Waals surface area contributed by atoms with E-state index in [2.05, 4.69) is 10.3 Å². The zero-order chi connectivity index (χ0) is 12.8. The van der Waals surface area contributed by atoms with Crippen molar-refractivity contribution < 1.29 is 4.79 Å². The number of carbonyl (C=O) groups excluding carboxylic acids is 1. The van der Waals surface area contributed by atoms with Crippen LogP contribution in [0.2, 0.25) is 0 Å². The highest BCUT2D eigenvalue weighted by atomic mass is 16.2. The molecule has 1 saturated carbocycles. The van der Waals surface area contributed by atoms with Crippen LogP contribution in [0.5, 0.6) is 0 Å². The Kier molecular flexibility index (Phi) is 2.38. The zero-order valence-corrected chi connectivity index (χ0v) is 10.3. The molecule has 1 aromatic heterocycles. The van der Waals surface area contributed by atoms with E-state index in [9.17, 15) is 4.79 Å². The van der Waals surface area contributed by atoms with Crippen molar-refractivity contribution in [3.05, 3.63) is 30.1 Å². The fourth-order valence-corrected chi connectivity index (χ4v) is 2.05. The van der Waals surface area contributed by atoms with E-state index in [1.54, 1.807) is 0 Å². The third-order valence-corrected chi connectivity index (χ3v) is 3.53. The Balaban J connectivity index is 1.78. The molecular weight excluding hydrogens is 228 g/mol. The van der Waals surface area contributed by atoms with Gasteiger partial charge in [0, 0.05) is 7.05 Å². The lowest BCUT2D eigenvalue weighted by atomic mass is 10.3. The van der Waals surface area contributed by atoms with Gasteiger partial charge < -0.3 is 15.6 Å². The number of nitrogens with one attached hydrogen (secondary N) is 1. The molecule has 0 unspecified atom stereocenters. The minimum Gasteiger partial charge on any atom is -0.347 e. The van der Waals surface area contributed by atoms with Gasteiger partial charge in [0.2, 0.25) is 5.91 Å². The van der Waals surface area contributed by atoms with Crippen LogP contribution >= 0.6 is 0 Å². The van der Waals surface area contributed by atoms with Crippen molar-refractivity contribution >= 4 is 16.9 Å². The van der Waals surface area contributed by atoms with Crippen molar-refractivity contribution in [2.75, 3.05) is 0 Å². The summed E-state index contributed by atoms with van der Waals surface area (Å²) in [5, 5.41) is 2.86. The van der Waals surface area contributed by atoms with Gasteiger partial charge in [-0.1, -0.05) is 12.1 Å². The lowest BCUT2D eigenvalue weighted by Gasteiger charge is -2.09. The average Bonchev–Trinajstić information content (AvgIpc) is 3.05. The zero-order valence-electron chi connectivity index (χ0n) is 10.3. The number of imidazole rings is 1. The van der Waals surface area contributed by atoms with Gasteiger partial charge in [-0.2, -0.15) is 0 Å². The van der Waals surface area contributed by atoms with E-state index >= 15 is 0 Å². The Labute approximate surface area is 105 Å². The predicted octanol–water partition coefficient (Wildman–Crippen LogP) is 0.681. The number of hydrogen-bond donors (Lipinski definition) is 2. The van der Waals surface area contributed by atoms with E-state index in [1.807, 2.05) is 35.9 Å². The number of hydrogen-bond acceptors (Lipinski definition) is 3. The molecule has 0 aliphatic heterocycles. The van der Waals surface area contributed by atoms with Crippen LogP contribution in [-0.2, 0) is 18.4 Å². The van der Waals surface area contributed by atoms with Crippen molar-refractivity contribution in [3.8, 4) is 0 Å². The van der Waals surface area contributed by atoms with Gasteiger partial charge in [0.1, 0.15) is 5.82 Å². The van der Waals surface area contributed by atoms with Crippen LogP contribution in [0.3, 0.4) is 0 Å². The molecule has 1 fully saturated rings. The van der Waals surface area contributed by atoms with Crippen molar-refractivity contribution in [1.82, 2.24) is 14.9 Å². The maximum atomic E-state index is 11.8. The molecule has 0 bridgehead atoms. The van der Waals surface area contributed by atoms with Crippen LogP contribution in [0.1, 0.15) is 18.7 Å². The molecule has 0 atom stereocenters. The maximum Gasteiger partial charge on any atom is 0.240 e. The summed E-state index contributed by atoms with van der Waals surface area (Å²) in [6.45, 7) is 0.420. The minimum absolute atomic E-state index is 0.0745. The third-order valence-electron chi connectivity index (χ3n) is 3.53. The normalized spacial score (nSPS) is 16.8. The number of aryl methyl sites for hydroxylation is 1. The molecule has 1 aliphatic rings. The highest BCUT2D eigenvalue weighted by Gasteiger charge is 2.45. The molecule has 1 amide bonds. The summed E-state index contributed by atoms with van der Waals surface area (Å²) in [5.74, 6) is 0.767. The number of benzene rings is 1. The van der Waals surface area contributed by atoms with Crippen LogP contribution in [0, 0.1) is 0 Å². The lowest BCUT2D eigenvalue weighted by molar-refractivity contribution is -0.123. The van der Waals surface area contributed by atoms with E-state index in [0.717, 1.165) is 29.7 Å². The van der Waals surface area contributed by atoms with E-state index in [1.165, 1.54) is 0 Å². The van der Waals surface area contributed by atoms with E-state index in [-0.39, 0.29) is 5.91 Å². The Bertz CT molecular complexity index is 612. The number of fused-ring (bicyclic) bond motifs is 1. The van der Waals surface area contributed by atoms with Gasteiger partial charge in [-0.25, -0.2) is 4.98 Å². The molecule has 5 nitrogen and oxygen atoms in total. The first-order valence-corrected chi connectivity index (χ1v) is 6.08. The maximum absolute atomic E-state index is 11.8. The molecule has 1 aromatic carbocycles. The second-order valence-corrected chi connectivity index (χ2v) is 4.91. The number of rotatable bonds is 3. The molecule has 0 spiro atoms. The van der Waals surface area contributed by atoms with Crippen LogP contribution in [0.25, 0.3) is 11.0 Å². The molecule has 18 heavy (non-hydrogen) atoms. The smallest absolute Gasteiger partial charge is 0.240 e. The number of nitrogens with two attached hydrogens (primary N) is 1. The fraction of sp³-hybridized carbons (Fsp3) is 0.385. The molecule has 0 saturated heterocycles. The quantitative estimate of drug-likeness (QED) is 0.834. The number of para-hydroxylation sites is 2. The summed E-state index contributed by atoms with van der Waals surface area (Å²) in [6.07, 6.45) is 1.56. The largest absolute Gasteiger partial charge is 0.347 e. The van der Waals surface area contributed by atoms with Gasteiger partial charge in [-0.3, -0.25) is 4.79 Å². The van der Waals surface area contributed by atoms with E-state index in [4.69, 9.17) is 5.73 Å². The first kappa shape index (κ1) is 11.2. The topological polar surface area (TPSA) is 72.9 Å². The summed E-state index contributed by atoms with van der Waals surface area (Å²) in [4.78, 5) is 16.2. The van der Waals surface area contributed by atoms with Crippen molar-refractivity contribution in [3.63, 3.8) is 0 Å². The van der Waals surface area contributed by atoms with E-state index in [0.29, 0.717) is 6.54 Å². The fourth-order valence-electron chi connectivity index (χ4n) is 2.05. The van der Waals surface area contributed by atoms with Gasteiger partial charge >= 0.3 is 0 Å². The van der Waals surface area contributed by atoms with Crippen molar-refractivity contribution in [2.45, 2.75) is 24.9 Å². The Morgan fingerprint density at radius 3 is 2.89 bits per heavy atom. The second-order valence-electron chi connectivity index (χ2n) is 4.91. The summed E-state index contributed by atoms with van der Waals surface area (Å²) in [6, 6.07) is 7.91. The minimum atomic E-state index is -0.620. The Morgan fingerprint density at radius 2 is 2.22 bits per heavy atom. The number of aromatic nitrogens is 2. The number of carbonyl (C=O) groups is 1. The van der Waals surface area contributed by atoms with Gasteiger partial charge in [-0.05, 0) is 25.0 Å². The summed E-state index contributed by atoms with van der Waals surface area (Å²) in [5.41, 5.74) is 7.22. The molecule has 3 rings (SSSR count). The third kappa shape index (κ3) is 1.76. The monoisotopic (exact) mass is 244 g/mol. The predicted molar refractivity (Wildman–Crippen MR) is 68.7 cm³/mol. The van der Waals surface area contributed by atoms with Crippen LogP contribution in [-0.4, -0.2) is 21.0 Å². The molecule has 0 radical (unpaired) electrons. The van der Waals surface area contributed by atoms with Gasteiger partial charge in [0.05, 0.1) is 23.1 Å². The summed E-state index contributed by atoms with van der Waals surface area (Å²) < 4.78 is 1.99. The van der Waals surface area contributed by atoms with Crippen LogP contribution in [0.4, 0.5) is 0 Å². The molecular formula is C13H16N4O. The van der Waals surface area contributed by atoms with Gasteiger partial charge in [-0.15, -0.1) is 0 Å². The van der Waals surface area contributed by atoms with Gasteiger partial charge in [0.15, 0.2) is 0 Å². The number of nitrogens with zero attached hydrogens (tertiary/aromatic N) is 2. The SMILES string of the molecule is Cn1c(CNC(=O)C2(N)CC2)nc2ccccc21. The highest BCUT2D eigenvalue weighted by molar-refractivity contribution is 5.89. The van der Waals surface area contributed by atoms with Crippen molar-refractivity contribution in [2.24, 2.45) is 12.8 Å². The Morgan fingerprint density at radius 1 is 1.50 bits per heavy atom. The first-order valence-electron chi connectivity index (χ1n) is 6.08. The van der Waals surface area contributed by atoms with Crippen molar-refractivity contribution in [1.29, 1.82) is 0 Å². The number of amides is 1. The summed E-state index contributed by atoms with van der Waals surface area (Å²) >= 11 is 0. The molecule has 3 N–H and O–H groups in total. The van der Waals surface area contributed by atoms with Gasteiger partial charge in [0.25, 0.3) is 0 Å². The lowest BCUT2D eigenvalue weighted by Crippen LogP contribution is -2.42. The molecule has 1 aliphatic carbocycles. The summed E-state index contributed by atoms with van der Waals surface area (Å²) in [7, 11) is 1.95. The standard InChI is InChI=1S/C13H16N4O/c1-17-10-5-3-2-4-9(10)16-11(17)8-15-12(18)13(14)6-7-13/h2-5H,6-8,14H2,1H3,(H,15,18). The van der Waals surface area contributed by atoms with Crippen LogP contribution in [0.15, 0.2) is 24.3 Å². The Hall–Kier alpha value is -1.88. The molecule has 5 heteroatoms. The molecule has 2 aromatic rings. The first-order chi connectivity index (χ1) is 8.60. The van der Waals surface area contributed by atoms with E-state index < -0.39 is 5.54 Å². The van der Waals surface area contributed by atoms with Crippen LogP contribution < -0.4 is 11.1 Å². The molecule has 94 valence electrons. The second kappa shape index (κ2) is 3.81. The highest BCUT2D eigenvalue weighted by Crippen LogP contribution is 2.32. The molecule has 1 heterocycles. The average molecular weight is 244 g/mol.